The van der Waals surface area contributed by atoms with Gasteiger partial charge in [-0.15, -0.1) is 10.2 Å². The summed E-state index contributed by atoms with van der Waals surface area (Å²) >= 11 is 0. The van der Waals surface area contributed by atoms with Gasteiger partial charge in [-0.3, -0.25) is 0 Å². The first-order valence-electron chi connectivity index (χ1n) is 6.06. The van der Waals surface area contributed by atoms with Gasteiger partial charge in [-0.2, -0.15) is 4.80 Å². The Balaban J connectivity index is 1.92. The number of para-hydroxylation sites is 1. The summed E-state index contributed by atoms with van der Waals surface area (Å²) in [5.74, 6) is 0.682. The summed E-state index contributed by atoms with van der Waals surface area (Å²) in [5, 5.41) is 24.5. The van der Waals surface area contributed by atoms with Crippen LogP contribution in [0.4, 0.5) is 5.69 Å². The molecule has 1 N–H and O–H groups in total. The van der Waals surface area contributed by atoms with Gasteiger partial charge < -0.3 is 10.1 Å². The lowest BCUT2D eigenvalue weighted by Crippen LogP contribution is -2.32. The normalized spacial score (nSPS) is 16.7. The number of hydrogen-bond acceptors (Lipinski definition) is 6. The SMILES string of the molecule is Cn1nnc(CN2CC/C(=N/O)c3ccccc32)n1. The van der Waals surface area contributed by atoms with Gasteiger partial charge in [-0.05, 0) is 11.3 Å². The lowest BCUT2D eigenvalue weighted by molar-refractivity contribution is 0.317. The highest BCUT2D eigenvalue weighted by atomic mass is 16.4. The Kier molecular flexibility index (Phi) is 2.86. The molecule has 0 fully saturated rings. The zero-order valence-electron chi connectivity index (χ0n) is 10.6. The zero-order chi connectivity index (χ0) is 13.2. The van der Waals surface area contributed by atoms with Crippen molar-refractivity contribution in [3.63, 3.8) is 0 Å². The molecule has 0 amide bonds. The lowest BCUT2D eigenvalue weighted by atomic mass is 10.00. The summed E-state index contributed by atoms with van der Waals surface area (Å²) < 4.78 is 0. The minimum absolute atomic E-state index is 0.601. The minimum Gasteiger partial charge on any atom is -0.411 e. The Morgan fingerprint density at radius 3 is 2.95 bits per heavy atom. The van der Waals surface area contributed by atoms with Crippen molar-refractivity contribution < 1.29 is 5.21 Å². The van der Waals surface area contributed by atoms with Gasteiger partial charge >= 0.3 is 0 Å². The third-order valence-corrected chi connectivity index (χ3v) is 3.18. The molecule has 1 aromatic heterocycles. The maximum absolute atomic E-state index is 9.05. The summed E-state index contributed by atoms with van der Waals surface area (Å²) in [6, 6.07) is 7.88. The Hall–Kier alpha value is -2.44. The standard InChI is InChI=1S/C12H14N6O/c1-17-14-12(13-16-17)8-18-7-6-10(15-19)9-4-2-3-5-11(9)18/h2-5,19H,6-8H2,1H3/b15-10-. The quantitative estimate of drug-likeness (QED) is 0.636. The van der Waals surface area contributed by atoms with Crippen LogP contribution in [0.5, 0.6) is 0 Å². The fraction of sp³-hybridized carbons (Fsp3) is 0.333. The smallest absolute Gasteiger partial charge is 0.193 e. The van der Waals surface area contributed by atoms with E-state index in [-0.39, 0.29) is 0 Å². The lowest BCUT2D eigenvalue weighted by Gasteiger charge is -2.30. The zero-order valence-corrected chi connectivity index (χ0v) is 10.6. The van der Waals surface area contributed by atoms with Crippen LogP contribution in [0.25, 0.3) is 0 Å². The number of hydrogen-bond donors (Lipinski definition) is 1. The molecule has 19 heavy (non-hydrogen) atoms. The molecule has 0 bridgehead atoms. The number of aryl methyl sites for hydroxylation is 1. The van der Waals surface area contributed by atoms with Crippen LogP contribution in [0.3, 0.4) is 0 Å². The maximum atomic E-state index is 9.05. The third kappa shape index (κ3) is 2.14. The van der Waals surface area contributed by atoms with Crippen molar-refractivity contribution in [2.45, 2.75) is 13.0 Å². The van der Waals surface area contributed by atoms with E-state index in [0.29, 0.717) is 18.8 Å². The molecule has 0 unspecified atom stereocenters. The Labute approximate surface area is 110 Å². The van der Waals surface area contributed by atoms with Gasteiger partial charge in [0, 0.05) is 24.2 Å². The number of tetrazole rings is 1. The number of nitrogens with zero attached hydrogens (tertiary/aromatic N) is 6. The second-order valence-corrected chi connectivity index (χ2v) is 4.43. The number of fused-ring (bicyclic) bond motifs is 1. The van der Waals surface area contributed by atoms with Crippen LogP contribution in [-0.4, -0.2) is 37.7 Å². The molecule has 7 nitrogen and oxygen atoms in total. The summed E-state index contributed by atoms with van der Waals surface area (Å²) in [4.78, 5) is 3.62. The first-order valence-corrected chi connectivity index (χ1v) is 6.06. The Morgan fingerprint density at radius 1 is 1.37 bits per heavy atom. The molecular weight excluding hydrogens is 244 g/mol. The van der Waals surface area contributed by atoms with Crippen LogP contribution in [0.15, 0.2) is 29.4 Å². The van der Waals surface area contributed by atoms with Crippen LogP contribution in [0.2, 0.25) is 0 Å². The monoisotopic (exact) mass is 258 g/mol. The van der Waals surface area contributed by atoms with Crippen LogP contribution >= 0.6 is 0 Å². The van der Waals surface area contributed by atoms with Crippen LogP contribution in [0, 0.1) is 0 Å². The first-order chi connectivity index (χ1) is 9.28. The molecule has 98 valence electrons. The first kappa shape index (κ1) is 11.6. The molecule has 7 heteroatoms. The maximum Gasteiger partial charge on any atom is 0.193 e. The van der Waals surface area contributed by atoms with Gasteiger partial charge in [0.15, 0.2) is 5.82 Å². The number of anilines is 1. The van der Waals surface area contributed by atoms with Crippen molar-refractivity contribution in [1.82, 2.24) is 20.2 Å². The molecule has 1 aliphatic heterocycles. The third-order valence-electron chi connectivity index (χ3n) is 3.18. The second kappa shape index (κ2) is 4.68. The number of aromatic nitrogens is 4. The average Bonchev–Trinajstić information content (AvgIpc) is 2.85. The van der Waals surface area contributed by atoms with E-state index >= 15 is 0 Å². The number of oxime groups is 1. The molecular formula is C12H14N6O. The fourth-order valence-corrected chi connectivity index (χ4v) is 2.31. The van der Waals surface area contributed by atoms with Crippen molar-refractivity contribution in [2.24, 2.45) is 12.2 Å². The molecule has 1 aliphatic rings. The van der Waals surface area contributed by atoms with Gasteiger partial charge in [0.2, 0.25) is 0 Å². The van der Waals surface area contributed by atoms with E-state index < -0.39 is 0 Å². The fourth-order valence-electron chi connectivity index (χ4n) is 2.31. The van der Waals surface area contributed by atoms with E-state index in [2.05, 4.69) is 25.5 Å². The van der Waals surface area contributed by atoms with E-state index in [1.54, 1.807) is 7.05 Å². The van der Waals surface area contributed by atoms with Crippen molar-refractivity contribution in [2.75, 3.05) is 11.4 Å². The molecule has 0 spiro atoms. The molecule has 0 saturated heterocycles. The largest absolute Gasteiger partial charge is 0.411 e. The van der Waals surface area contributed by atoms with Crippen molar-refractivity contribution >= 4 is 11.4 Å². The molecule has 3 rings (SSSR count). The van der Waals surface area contributed by atoms with Crippen molar-refractivity contribution in [3.05, 3.63) is 35.7 Å². The highest BCUT2D eigenvalue weighted by Gasteiger charge is 2.22. The topological polar surface area (TPSA) is 79.4 Å². The summed E-state index contributed by atoms with van der Waals surface area (Å²) in [7, 11) is 1.75. The number of rotatable bonds is 2. The Morgan fingerprint density at radius 2 is 2.21 bits per heavy atom. The molecule has 0 aliphatic carbocycles. The van der Waals surface area contributed by atoms with E-state index in [4.69, 9.17) is 5.21 Å². The predicted molar refractivity (Wildman–Crippen MR) is 69.2 cm³/mol. The van der Waals surface area contributed by atoms with E-state index in [0.717, 1.165) is 23.5 Å². The molecule has 0 atom stereocenters. The minimum atomic E-state index is 0.601. The van der Waals surface area contributed by atoms with Gasteiger partial charge in [0.05, 0.1) is 19.3 Å². The van der Waals surface area contributed by atoms with Gasteiger partial charge in [0.25, 0.3) is 0 Å². The van der Waals surface area contributed by atoms with Gasteiger partial charge in [-0.1, -0.05) is 23.4 Å². The molecule has 1 aromatic carbocycles. The van der Waals surface area contributed by atoms with Crippen LogP contribution in [0.1, 0.15) is 17.8 Å². The van der Waals surface area contributed by atoms with Crippen LogP contribution < -0.4 is 4.90 Å². The Bertz CT molecular complexity index is 620. The summed E-state index contributed by atoms with van der Waals surface area (Å²) in [6.45, 7) is 1.37. The molecule has 0 radical (unpaired) electrons. The van der Waals surface area contributed by atoms with Crippen molar-refractivity contribution in [3.8, 4) is 0 Å². The summed E-state index contributed by atoms with van der Waals surface area (Å²) in [6.07, 6.45) is 0.702. The average molecular weight is 258 g/mol. The highest BCUT2D eigenvalue weighted by molar-refractivity contribution is 6.06. The molecule has 0 saturated carbocycles. The van der Waals surface area contributed by atoms with Gasteiger partial charge in [0.1, 0.15) is 0 Å². The van der Waals surface area contributed by atoms with E-state index in [1.165, 1.54) is 4.80 Å². The van der Waals surface area contributed by atoms with Crippen LogP contribution in [-0.2, 0) is 13.6 Å². The van der Waals surface area contributed by atoms with Crippen molar-refractivity contribution in [1.29, 1.82) is 0 Å². The molecule has 2 heterocycles. The highest BCUT2D eigenvalue weighted by Crippen LogP contribution is 2.27. The number of benzene rings is 1. The van der Waals surface area contributed by atoms with Gasteiger partial charge in [-0.25, -0.2) is 0 Å². The van der Waals surface area contributed by atoms with E-state index in [1.807, 2.05) is 24.3 Å². The van der Waals surface area contributed by atoms with E-state index in [9.17, 15) is 0 Å². The summed E-state index contributed by atoms with van der Waals surface area (Å²) in [5.41, 5.74) is 2.72. The predicted octanol–water partition coefficient (Wildman–Crippen LogP) is 0.799. The second-order valence-electron chi connectivity index (χ2n) is 4.43. The molecule has 2 aromatic rings.